The van der Waals surface area contributed by atoms with E-state index in [-0.39, 0.29) is 0 Å². The molecule has 0 aliphatic carbocycles. The van der Waals surface area contributed by atoms with E-state index in [0.29, 0.717) is 12.0 Å². The second-order valence-corrected chi connectivity index (χ2v) is 5.65. The number of hydrogen-bond donors (Lipinski definition) is 1. The van der Waals surface area contributed by atoms with E-state index in [1.54, 1.807) is 0 Å². The number of aromatic nitrogens is 2. The standard InChI is InChI=1S/C15H28N4/c1-7-16-9-14-10-17-15(18-13(14)5)19(6)12(4)8-11(2)3/h10-12,16H,7-9H2,1-6H3. The smallest absolute Gasteiger partial charge is 0.225 e. The van der Waals surface area contributed by atoms with Crippen LogP contribution < -0.4 is 10.2 Å². The molecule has 0 radical (unpaired) electrons. The number of hydrogen-bond acceptors (Lipinski definition) is 4. The van der Waals surface area contributed by atoms with Gasteiger partial charge in [-0.05, 0) is 32.7 Å². The zero-order valence-electron chi connectivity index (χ0n) is 13.2. The van der Waals surface area contributed by atoms with Crippen molar-refractivity contribution in [2.45, 2.75) is 53.6 Å². The van der Waals surface area contributed by atoms with E-state index in [9.17, 15) is 0 Å². The summed E-state index contributed by atoms with van der Waals surface area (Å²) in [4.78, 5) is 11.3. The van der Waals surface area contributed by atoms with E-state index in [4.69, 9.17) is 0 Å². The first-order chi connectivity index (χ1) is 8.95. The molecule has 1 N–H and O–H groups in total. The molecule has 4 nitrogen and oxygen atoms in total. The average molecular weight is 264 g/mol. The highest BCUT2D eigenvalue weighted by Gasteiger charge is 2.14. The molecular formula is C15H28N4. The molecule has 1 unspecified atom stereocenters. The van der Waals surface area contributed by atoms with Crippen molar-refractivity contribution in [2.24, 2.45) is 5.92 Å². The molecular weight excluding hydrogens is 236 g/mol. The number of anilines is 1. The van der Waals surface area contributed by atoms with Gasteiger partial charge in [0, 0.05) is 37.1 Å². The van der Waals surface area contributed by atoms with Crippen LogP contribution in [0.3, 0.4) is 0 Å². The summed E-state index contributed by atoms with van der Waals surface area (Å²) in [6, 6.07) is 0.457. The Balaban J connectivity index is 2.76. The van der Waals surface area contributed by atoms with Gasteiger partial charge in [-0.1, -0.05) is 20.8 Å². The lowest BCUT2D eigenvalue weighted by Gasteiger charge is -2.26. The second kappa shape index (κ2) is 7.43. The first-order valence-corrected chi connectivity index (χ1v) is 7.21. The highest BCUT2D eigenvalue weighted by atomic mass is 15.2. The first-order valence-electron chi connectivity index (χ1n) is 7.21. The molecule has 1 aromatic heterocycles. The van der Waals surface area contributed by atoms with Gasteiger partial charge in [-0.25, -0.2) is 9.97 Å². The molecule has 1 heterocycles. The molecule has 0 saturated carbocycles. The highest BCUT2D eigenvalue weighted by Crippen LogP contribution is 2.16. The molecule has 0 saturated heterocycles. The van der Waals surface area contributed by atoms with Gasteiger partial charge in [0.05, 0.1) is 0 Å². The predicted molar refractivity (Wildman–Crippen MR) is 81.5 cm³/mol. The third-order valence-corrected chi connectivity index (χ3v) is 3.42. The van der Waals surface area contributed by atoms with E-state index in [2.05, 4.69) is 61.9 Å². The summed E-state index contributed by atoms with van der Waals surface area (Å²) >= 11 is 0. The molecule has 0 fully saturated rings. The van der Waals surface area contributed by atoms with Crippen LogP contribution in [-0.4, -0.2) is 29.6 Å². The maximum atomic E-state index is 4.63. The van der Waals surface area contributed by atoms with Crippen molar-refractivity contribution in [1.82, 2.24) is 15.3 Å². The molecule has 19 heavy (non-hydrogen) atoms. The molecule has 0 aromatic carbocycles. The highest BCUT2D eigenvalue weighted by molar-refractivity contribution is 5.33. The summed E-state index contributed by atoms with van der Waals surface area (Å²) in [6.45, 7) is 12.7. The zero-order valence-corrected chi connectivity index (χ0v) is 13.2. The third kappa shape index (κ3) is 4.78. The van der Waals surface area contributed by atoms with Crippen LogP contribution in [0.25, 0.3) is 0 Å². The molecule has 108 valence electrons. The fourth-order valence-electron chi connectivity index (χ4n) is 2.12. The topological polar surface area (TPSA) is 41.1 Å². The normalized spacial score (nSPS) is 12.8. The van der Waals surface area contributed by atoms with E-state index >= 15 is 0 Å². The SMILES string of the molecule is CCNCc1cnc(N(C)C(C)CC(C)C)nc1C. The minimum absolute atomic E-state index is 0.457. The maximum absolute atomic E-state index is 4.63. The van der Waals surface area contributed by atoms with Crippen LogP contribution in [-0.2, 0) is 6.54 Å². The van der Waals surface area contributed by atoms with Crippen LogP contribution in [0.2, 0.25) is 0 Å². The predicted octanol–water partition coefficient (Wildman–Crippen LogP) is 2.77. The van der Waals surface area contributed by atoms with Gasteiger partial charge in [0.25, 0.3) is 0 Å². The third-order valence-electron chi connectivity index (χ3n) is 3.42. The molecule has 0 amide bonds. The molecule has 0 aliphatic rings. The lowest BCUT2D eigenvalue weighted by atomic mass is 10.0. The molecule has 0 spiro atoms. The summed E-state index contributed by atoms with van der Waals surface area (Å²) in [5.41, 5.74) is 2.24. The Labute approximate surface area is 117 Å². The summed E-state index contributed by atoms with van der Waals surface area (Å²) in [5, 5.41) is 3.31. The fraction of sp³-hybridized carbons (Fsp3) is 0.733. The Kier molecular flexibility index (Phi) is 6.22. The minimum Gasteiger partial charge on any atom is -0.341 e. The largest absolute Gasteiger partial charge is 0.341 e. The van der Waals surface area contributed by atoms with Crippen LogP contribution >= 0.6 is 0 Å². The first kappa shape index (κ1) is 15.9. The van der Waals surface area contributed by atoms with E-state index < -0.39 is 0 Å². The molecule has 1 atom stereocenters. The second-order valence-electron chi connectivity index (χ2n) is 5.65. The van der Waals surface area contributed by atoms with Crippen molar-refractivity contribution >= 4 is 5.95 Å². The Hall–Kier alpha value is -1.16. The molecule has 4 heteroatoms. The Bertz CT molecular complexity index is 390. The van der Waals surface area contributed by atoms with Gasteiger partial charge in [-0.3, -0.25) is 0 Å². The van der Waals surface area contributed by atoms with Crippen molar-refractivity contribution in [1.29, 1.82) is 0 Å². The number of nitrogens with zero attached hydrogens (tertiary/aromatic N) is 3. The van der Waals surface area contributed by atoms with Gasteiger partial charge >= 0.3 is 0 Å². The van der Waals surface area contributed by atoms with Crippen LogP contribution in [0.1, 0.15) is 45.4 Å². The molecule has 0 bridgehead atoms. The lowest BCUT2D eigenvalue weighted by molar-refractivity contribution is 0.499. The van der Waals surface area contributed by atoms with Gasteiger partial charge in [0.15, 0.2) is 0 Å². The molecule has 1 aromatic rings. The van der Waals surface area contributed by atoms with Gasteiger partial charge in [-0.2, -0.15) is 0 Å². The number of rotatable bonds is 7. The van der Waals surface area contributed by atoms with Crippen LogP contribution in [0.15, 0.2) is 6.20 Å². The van der Waals surface area contributed by atoms with E-state index in [0.717, 1.165) is 31.2 Å². The average Bonchev–Trinajstić information content (AvgIpc) is 2.35. The van der Waals surface area contributed by atoms with Crippen LogP contribution in [0.4, 0.5) is 5.95 Å². The quantitative estimate of drug-likeness (QED) is 0.822. The minimum atomic E-state index is 0.457. The number of aryl methyl sites for hydroxylation is 1. The molecule has 1 rings (SSSR count). The zero-order chi connectivity index (χ0) is 14.4. The summed E-state index contributed by atoms with van der Waals surface area (Å²) in [7, 11) is 2.08. The lowest BCUT2D eigenvalue weighted by Crippen LogP contribution is -2.31. The van der Waals surface area contributed by atoms with Crippen molar-refractivity contribution in [3.8, 4) is 0 Å². The fourth-order valence-corrected chi connectivity index (χ4v) is 2.12. The summed E-state index contributed by atoms with van der Waals surface area (Å²) in [6.07, 6.45) is 3.09. The summed E-state index contributed by atoms with van der Waals surface area (Å²) in [5.74, 6) is 1.51. The van der Waals surface area contributed by atoms with Crippen molar-refractivity contribution < 1.29 is 0 Å². The summed E-state index contributed by atoms with van der Waals surface area (Å²) < 4.78 is 0. The Morgan fingerprint density at radius 3 is 2.53 bits per heavy atom. The van der Waals surface area contributed by atoms with Crippen molar-refractivity contribution in [3.05, 3.63) is 17.5 Å². The van der Waals surface area contributed by atoms with Crippen LogP contribution in [0.5, 0.6) is 0 Å². The van der Waals surface area contributed by atoms with Gasteiger partial charge in [0.2, 0.25) is 5.95 Å². The monoisotopic (exact) mass is 264 g/mol. The maximum Gasteiger partial charge on any atom is 0.225 e. The van der Waals surface area contributed by atoms with Gasteiger partial charge < -0.3 is 10.2 Å². The van der Waals surface area contributed by atoms with Gasteiger partial charge in [0.1, 0.15) is 0 Å². The molecule has 0 aliphatic heterocycles. The van der Waals surface area contributed by atoms with E-state index in [1.807, 2.05) is 6.20 Å². The Morgan fingerprint density at radius 2 is 2.00 bits per heavy atom. The van der Waals surface area contributed by atoms with Crippen molar-refractivity contribution in [2.75, 3.05) is 18.5 Å². The van der Waals surface area contributed by atoms with Gasteiger partial charge in [-0.15, -0.1) is 0 Å². The number of nitrogens with one attached hydrogen (secondary N) is 1. The van der Waals surface area contributed by atoms with E-state index in [1.165, 1.54) is 5.56 Å². The van der Waals surface area contributed by atoms with Crippen molar-refractivity contribution in [3.63, 3.8) is 0 Å². The van der Waals surface area contributed by atoms with Crippen LogP contribution in [0, 0.1) is 12.8 Å². The Morgan fingerprint density at radius 1 is 1.32 bits per heavy atom.